The number of benzene rings is 2. The number of ether oxygens (including phenoxy) is 1. The summed E-state index contributed by atoms with van der Waals surface area (Å²) in [7, 11) is 1.50. The van der Waals surface area contributed by atoms with Crippen LogP contribution in [0.3, 0.4) is 0 Å². The van der Waals surface area contributed by atoms with E-state index in [9.17, 15) is 9.90 Å². The van der Waals surface area contributed by atoms with E-state index >= 15 is 0 Å². The predicted octanol–water partition coefficient (Wildman–Crippen LogP) is 2.64. The van der Waals surface area contributed by atoms with Crippen LogP contribution < -0.4 is 10.5 Å². The van der Waals surface area contributed by atoms with Gasteiger partial charge in [-0.15, -0.1) is 0 Å². The molecule has 4 nitrogen and oxygen atoms in total. The minimum absolute atomic E-state index is 0.194. The van der Waals surface area contributed by atoms with Gasteiger partial charge in [-0.25, -0.2) is 4.79 Å². The maximum absolute atomic E-state index is 11.3. The minimum Gasteiger partial charge on any atom is -0.497 e. The van der Waals surface area contributed by atoms with Crippen molar-refractivity contribution in [2.24, 2.45) is 0 Å². The highest BCUT2D eigenvalue weighted by molar-refractivity contribution is 5.96. The Balaban J connectivity index is 2.60. The Morgan fingerprint density at radius 3 is 2.61 bits per heavy atom. The van der Waals surface area contributed by atoms with Crippen molar-refractivity contribution in [1.82, 2.24) is 0 Å². The lowest BCUT2D eigenvalue weighted by Crippen LogP contribution is -2.00. The number of carbonyl (C=O) groups is 1. The maximum atomic E-state index is 11.3. The van der Waals surface area contributed by atoms with Crippen LogP contribution in [0.5, 0.6) is 5.75 Å². The van der Waals surface area contributed by atoms with Crippen LogP contribution in [-0.4, -0.2) is 18.2 Å². The van der Waals surface area contributed by atoms with Crippen LogP contribution in [0, 0.1) is 0 Å². The largest absolute Gasteiger partial charge is 0.497 e. The molecule has 92 valence electrons. The molecule has 0 fully saturated rings. The van der Waals surface area contributed by atoms with E-state index in [1.54, 1.807) is 30.3 Å². The van der Waals surface area contributed by atoms with E-state index in [1.807, 2.05) is 6.07 Å². The topological polar surface area (TPSA) is 72.5 Å². The molecular formula is C14H13NO3. The molecule has 0 bridgehead atoms. The van der Waals surface area contributed by atoms with Crippen LogP contribution in [0.1, 0.15) is 10.4 Å². The van der Waals surface area contributed by atoms with Crippen molar-refractivity contribution in [2.45, 2.75) is 0 Å². The molecule has 0 aliphatic rings. The molecule has 2 aromatic carbocycles. The zero-order chi connectivity index (χ0) is 13.1. The van der Waals surface area contributed by atoms with Gasteiger partial charge < -0.3 is 15.6 Å². The molecule has 0 radical (unpaired) electrons. The number of hydrogen-bond donors (Lipinski definition) is 2. The van der Waals surface area contributed by atoms with Crippen LogP contribution in [-0.2, 0) is 0 Å². The lowest BCUT2D eigenvalue weighted by molar-refractivity contribution is 0.0697. The Kier molecular flexibility index (Phi) is 3.19. The Bertz CT molecular complexity index is 593. The number of hydrogen-bond acceptors (Lipinski definition) is 3. The molecule has 2 rings (SSSR count). The van der Waals surface area contributed by atoms with Gasteiger partial charge in [0.15, 0.2) is 0 Å². The number of carboxylic acids is 1. The van der Waals surface area contributed by atoms with Gasteiger partial charge in [0.1, 0.15) is 5.75 Å². The molecule has 3 N–H and O–H groups in total. The van der Waals surface area contributed by atoms with Gasteiger partial charge in [0.25, 0.3) is 0 Å². The summed E-state index contributed by atoms with van der Waals surface area (Å²) in [4.78, 5) is 11.3. The normalized spacial score (nSPS) is 10.1. The average molecular weight is 243 g/mol. The van der Waals surface area contributed by atoms with Gasteiger partial charge in [0.05, 0.1) is 12.7 Å². The fourth-order valence-electron chi connectivity index (χ4n) is 1.79. The van der Waals surface area contributed by atoms with Gasteiger partial charge in [-0.2, -0.15) is 0 Å². The van der Waals surface area contributed by atoms with E-state index in [1.165, 1.54) is 13.2 Å². The molecule has 0 spiro atoms. The zero-order valence-corrected chi connectivity index (χ0v) is 9.88. The molecule has 0 heterocycles. The van der Waals surface area contributed by atoms with Gasteiger partial charge in [0, 0.05) is 5.69 Å². The third-order valence-corrected chi connectivity index (χ3v) is 2.65. The SMILES string of the molecule is COc1ccc(-c2cccc(N)c2)c(C(=O)O)c1. The molecule has 4 heteroatoms. The molecule has 0 aliphatic heterocycles. The Labute approximate surface area is 105 Å². The average Bonchev–Trinajstić information content (AvgIpc) is 2.38. The second kappa shape index (κ2) is 4.79. The quantitative estimate of drug-likeness (QED) is 0.813. The number of methoxy groups -OCH3 is 1. The lowest BCUT2D eigenvalue weighted by Gasteiger charge is -2.09. The second-order valence-electron chi connectivity index (χ2n) is 3.84. The van der Waals surface area contributed by atoms with Gasteiger partial charge in [0.2, 0.25) is 0 Å². The van der Waals surface area contributed by atoms with Crippen LogP contribution in [0.15, 0.2) is 42.5 Å². The molecule has 0 atom stereocenters. The molecule has 0 aliphatic carbocycles. The van der Waals surface area contributed by atoms with Crippen molar-refractivity contribution in [3.8, 4) is 16.9 Å². The van der Waals surface area contributed by atoms with Crippen LogP contribution >= 0.6 is 0 Å². The summed E-state index contributed by atoms with van der Waals surface area (Å²) >= 11 is 0. The summed E-state index contributed by atoms with van der Waals surface area (Å²) in [6.07, 6.45) is 0. The molecule has 18 heavy (non-hydrogen) atoms. The lowest BCUT2D eigenvalue weighted by atomic mass is 9.99. The molecule has 0 aromatic heterocycles. The minimum atomic E-state index is -0.994. The zero-order valence-electron chi connectivity index (χ0n) is 9.88. The highest BCUT2D eigenvalue weighted by Crippen LogP contribution is 2.28. The molecule has 0 saturated carbocycles. The van der Waals surface area contributed by atoms with E-state index in [4.69, 9.17) is 10.5 Å². The number of nitrogen functional groups attached to an aromatic ring is 1. The Morgan fingerprint density at radius 2 is 2.00 bits per heavy atom. The summed E-state index contributed by atoms with van der Waals surface area (Å²) in [6, 6.07) is 12.1. The van der Waals surface area contributed by atoms with Crippen molar-refractivity contribution < 1.29 is 14.6 Å². The Morgan fingerprint density at radius 1 is 1.22 bits per heavy atom. The van der Waals surface area contributed by atoms with E-state index in [0.717, 1.165) is 5.56 Å². The van der Waals surface area contributed by atoms with Crippen LogP contribution in [0.25, 0.3) is 11.1 Å². The van der Waals surface area contributed by atoms with Gasteiger partial charge in [-0.05, 0) is 41.5 Å². The number of rotatable bonds is 3. The number of anilines is 1. The first-order valence-corrected chi connectivity index (χ1v) is 5.39. The first kappa shape index (κ1) is 12.0. The van der Waals surface area contributed by atoms with E-state index in [0.29, 0.717) is 17.0 Å². The highest BCUT2D eigenvalue weighted by Gasteiger charge is 2.13. The molecule has 0 unspecified atom stereocenters. The van der Waals surface area contributed by atoms with E-state index < -0.39 is 5.97 Å². The molecule has 2 aromatic rings. The Hall–Kier alpha value is -2.49. The maximum Gasteiger partial charge on any atom is 0.336 e. The summed E-state index contributed by atoms with van der Waals surface area (Å²) in [5, 5.41) is 9.23. The highest BCUT2D eigenvalue weighted by atomic mass is 16.5. The van der Waals surface area contributed by atoms with Crippen LogP contribution in [0.4, 0.5) is 5.69 Å². The smallest absolute Gasteiger partial charge is 0.336 e. The predicted molar refractivity (Wildman–Crippen MR) is 69.8 cm³/mol. The number of carboxylic acid groups (broad SMARTS) is 1. The second-order valence-corrected chi connectivity index (χ2v) is 3.84. The van der Waals surface area contributed by atoms with Crippen molar-refractivity contribution in [1.29, 1.82) is 0 Å². The summed E-state index contributed by atoms with van der Waals surface area (Å²) in [5.41, 5.74) is 7.89. The molecule has 0 amide bonds. The monoisotopic (exact) mass is 243 g/mol. The third kappa shape index (κ3) is 2.27. The summed E-state index contributed by atoms with van der Waals surface area (Å²) in [6.45, 7) is 0. The van der Waals surface area contributed by atoms with Crippen molar-refractivity contribution in [3.63, 3.8) is 0 Å². The van der Waals surface area contributed by atoms with E-state index in [2.05, 4.69) is 0 Å². The van der Waals surface area contributed by atoms with Gasteiger partial charge in [-0.1, -0.05) is 12.1 Å². The number of aromatic carboxylic acids is 1. The van der Waals surface area contributed by atoms with Gasteiger partial charge in [-0.3, -0.25) is 0 Å². The van der Waals surface area contributed by atoms with Gasteiger partial charge >= 0.3 is 5.97 Å². The standard InChI is InChI=1S/C14H13NO3/c1-18-11-5-6-12(13(8-11)14(16)17)9-3-2-4-10(15)7-9/h2-8H,15H2,1H3,(H,16,17). The van der Waals surface area contributed by atoms with Crippen molar-refractivity contribution in [2.75, 3.05) is 12.8 Å². The fraction of sp³-hybridized carbons (Fsp3) is 0.0714. The third-order valence-electron chi connectivity index (χ3n) is 2.65. The number of nitrogens with two attached hydrogens (primary N) is 1. The van der Waals surface area contributed by atoms with E-state index in [-0.39, 0.29) is 5.56 Å². The first-order valence-electron chi connectivity index (χ1n) is 5.39. The summed E-state index contributed by atoms with van der Waals surface area (Å²) in [5.74, 6) is -0.480. The van der Waals surface area contributed by atoms with Crippen molar-refractivity contribution in [3.05, 3.63) is 48.0 Å². The molecular weight excluding hydrogens is 230 g/mol. The summed E-state index contributed by atoms with van der Waals surface area (Å²) < 4.78 is 5.03. The van der Waals surface area contributed by atoms with Crippen LogP contribution in [0.2, 0.25) is 0 Å². The molecule has 0 saturated heterocycles. The fourth-order valence-corrected chi connectivity index (χ4v) is 1.79. The first-order chi connectivity index (χ1) is 8.61. The van der Waals surface area contributed by atoms with Crippen molar-refractivity contribution >= 4 is 11.7 Å².